The van der Waals surface area contributed by atoms with Gasteiger partial charge in [-0.05, 0) is 37.3 Å². The lowest BCUT2D eigenvalue weighted by Crippen LogP contribution is -2.36. The smallest absolute Gasteiger partial charge is 0.338 e. The van der Waals surface area contributed by atoms with Crippen LogP contribution in [-0.2, 0) is 4.74 Å². The number of imidazole rings is 1. The first-order chi connectivity index (χ1) is 15.0. The van der Waals surface area contributed by atoms with Crippen LogP contribution in [-0.4, -0.2) is 51.9 Å². The van der Waals surface area contributed by atoms with Crippen molar-refractivity contribution in [3.05, 3.63) is 58.0 Å². The highest BCUT2D eigenvalue weighted by Gasteiger charge is 2.22. The predicted octanol–water partition coefficient (Wildman–Crippen LogP) is 4.72. The molecular formula is C22H18Cl2N4O3. The van der Waals surface area contributed by atoms with E-state index in [-0.39, 0.29) is 5.56 Å². The number of morpholine rings is 1. The topological polar surface area (TPSA) is 80.5 Å². The lowest BCUT2D eigenvalue weighted by atomic mass is 10.1. The van der Waals surface area contributed by atoms with Crippen LogP contribution in [0.25, 0.3) is 27.6 Å². The Morgan fingerprint density at radius 1 is 1.10 bits per heavy atom. The maximum atomic E-state index is 12.1. The maximum Gasteiger partial charge on any atom is 0.338 e. The lowest BCUT2D eigenvalue weighted by Gasteiger charge is -2.29. The Morgan fingerprint density at radius 3 is 2.58 bits per heavy atom. The minimum atomic E-state index is -1.02. The van der Waals surface area contributed by atoms with Crippen LogP contribution in [0.2, 0.25) is 10.0 Å². The van der Waals surface area contributed by atoms with Crippen LogP contribution in [0, 0.1) is 6.92 Å². The fraction of sp³-hybridized carbons (Fsp3) is 0.227. The fourth-order valence-electron chi connectivity index (χ4n) is 4.11. The number of aryl methyl sites for hydroxylation is 1. The zero-order valence-electron chi connectivity index (χ0n) is 16.6. The highest BCUT2D eigenvalue weighted by Crippen LogP contribution is 2.36. The Morgan fingerprint density at radius 2 is 1.84 bits per heavy atom. The molecule has 3 heterocycles. The molecule has 0 bridgehead atoms. The van der Waals surface area contributed by atoms with Crippen molar-refractivity contribution in [1.82, 2.24) is 14.5 Å². The number of halogens is 2. The van der Waals surface area contributed by atoms with Crippen LogP contribution in [0.15, 0.2) is 36.5 Å². The van der Waals surface area contributed by atoms with E-state index in [1.54, 1.807) is 24.4 Å². The van der Waals surface area contributed by atoms with E-state index in [9.17, 15) is 9.90 Å². The molecule has 1 aliphatic heterocycles. The van der Waals surface area contributed by atoms with Gasteiger partial charge in [0.2, 0.25) is 0 Å². The Hall–Kier alpha value is -2.87. The molecule has 4 aromatic rings. The fourth-order valence-corrected chi connectivity index (χ4v) is 4.57. The minimum absolute atomic E-state index is 0.156. The van der Waals surface area contributed by atoms with Crippen LogP contribution in [0.4, 0.5) is 5.69 Å². The molecule has 7 nitrogen and oxygen atoms in total. The second-order valence-electron chi connectivity index (χ2n) is 7.34. The first-order valence-electron chi connectivity index (χ1n) is 9.78. The van der Waals surface area contributed by atoms with Crippen molar-refractivity contribution in [2.75, 3.05) is 31.2 Å². The van der Waals surface area contributed by atoms with Gasteiger partial charge in [0.15, 0.2) is 0 Å². The number of hydrogen-bond acceptors (Lipinski definition) is 5. The Bertz CT molecular complexity index is 1350. The van der Waals surface area contributed by atoms with Gasteiger partial charge in [-0.15, -0.1) is 0 Å². The normalized spacial score (nSPS) is 14.5. The zero-order chi connectivity index (χ0) is 21.7. The molecule has 0 amide bonds. The molecule has 31 heavy (non-hydrogen) atoms. The third-order valence-corrected chi connectivity index (χ3v) is 6.15. The summed E-state index contributed by atoms with van der Waals surface area (Å²) >= 11 is 12.9. The van der Waals surface area contributed by atoms with Gasteiger partial charge in [0.1, 0.15) is 11.3 Å². The quantitative estimate of drug-likeness (QED) is 0.480. The first-order valence-corrected chi connectivity index (χ1v) is 10.5. The maximum absolute atomic E-state index is 12.1. The molecule has 0 aliphatic carbocycles. The van der Waals surface area contributed by atoms with Gasteiger partial charge in [-0.25, -0.2) is 9.78 Å². The van der Waals surface area contributed by atoms with E-state index >= 15 is 0 Å². The van der Waals surface area contributed by atoms with Crippen LogP contribution in [0.5, 0.6) is 0 Å². The number of hydrogen-bond donors (Lipinski definition) is 1. The molecule has 1 aliphatic rings. The minimum Gasteiger partial charge on any atom is -0.478 e. The average Bonchev–Trinajstić information content (AvgIpc) is 3.11. The van der Waals surface area contributed by atoms with E-state index in [1.807, 2.05) is 23.6 Å². The van der Waals surface area contributed by atoms with Crippen molar-refractivity contribution in [3.8, 4) is 5.69 Å². The van der Waals surface area contributed by atoms with Gasteiger partial charge in [0.25, 0.3) is 0 Å². The Labute approximate surface area is 187 Å². The highest BCUT2D eigenvalue weighted by atomic mass is 35.5. The molecular weight excluding hydrogens is 439 g/mol. The van der Waals surface area contributed by atoms with Crippen LogP contribution >= 0.6 is 23.2 Å². The summed E-state index contributed by atoms with van der Waals surface area (Å²) in [5, 5.41) is 11.6. The average molecular weight is 457 g/mol. The number of fused-ring (bicyclic) bond motifs is 2. The van der Waals surface area contributed by atoms with Crippen molar-refractivity contribution in [2.24, 2.45) is 0 Å². The van der Waals surface area contributed by atoms with Crippen molar-refractivity contribution in [2.45, 2.75) is 6.92 Å². The van der Waals surface area contributed by atoms with Crippen molar-refractivity contribution < 1.29 is 14.6 Å². The van der Waals surface area contributed by atoms with Crippen LogP contribution in [0.3, 0.4) is 0 Å². The Balaban J connectivity index is 1.84. The molecule has 9 heteroatoms. The van der Waals surface area contributed by atoms with Gasteiger partial charge < -0.3 is 14.7 Å². The van der Waals surface area contributed by atoms with Crippen LogP contribution < -0.4 is 4.90 Å². The summed E-state index contributed by atoms with van der Waals surface area (Å²) < 4.78 is 7.36. The number of anilines is 1. The number of nitrogens with zero attached hydrogens (tertiary/aromatic N) is 4. The summed E-state index contributed by atoms with van der Waals surface area (Å²) in [7, 11) is 0. The van der Waals surface area contributed by atoms with E-state index in [0.29, 0.717) is 64.1 Å². The third-order valence-electron chi connectivity index (χ3n) is 5.53. The number of pyridine rings is 1. The van der Waals surface area contributed by atoms with Gasteiger partial charge in [-0.1, -0.05) is 23.2 Å². The summed E-state index contributed by atoms with van der Waals surface area (Å²) in [6.45, 7) is 4.42. The van der Waals surface area contributed by atoms with Gasteiger partial charge in [0.05, 0.1) is 45.5 Å². The zero-order valence-corrected chi connectivity index (χ0v) is 18.1. The number of aromatic nitrogens is 3. The van der Waals surface area contributed by atoms with Gasteiger partial charge in [-0.2, -0.15) is 0 Å². The summed E-state index contributed by atoms with van der Waals surface area (Å²) in [6, 6.07) is 8.92. The summed E-state index contributed by atoms with van der Waals surface area (Å²) in [4.78, 5) is 23.2. The molecule has 1 N–H and O–H groups in total. The van der Waals surface area contributed by atoms with E-state index in [2.05, 4.69) is 14.9 Å². The van der Waals surface area contributed by atoms with E-state index in [4.69, 9.17) is 27.9 Å². The number of ether oxygens (including phenoxy) is 1. The second kappa shape index (κ2) is 7.67. The second-order valence-corrected chi connectivity index (χ2v) is 8.16. The van der Waals surface area contributed by atoms with Crippen LogP contribution in [0.1, 0.15) is 16.2 Å². The summed E-state index contributed by atoms with van der Waals surface area (Å²) in [5.41, 5.74) is 3.40. The van der Waals surface area contributed by atoms with E-state index < -0.39 is 5.97 Å². The summed E-state index contributed by atoms with van der Waals surface area (Å²) in [6.07, 6.45) is 1.66. The molecule has 1 saturated heterocycles. The number of aromatic carboxylic acids is 1. The number of carboxylic acid groups (broad SMARTS) is 1. The molecule has 2 aromatic heterocycles. The first kappa shape index (κ1) is 20.1. The third kappa shape index (κ3) is 3.29. The number of benzene rings is 2. The molecule has 5 rings (SSSR count). The molecule has 2 aromatic carbocycles. The molecule has 0 spiro atoms. The van der Waals surface area contributed by atoms with Crippen molar-refractivity contribution in [1.29, 1.82) is 0 Å². The molecule has 158 valence electrons. The molecule has 0 atom stereocenters. The molecule has 0 unspecified atom stereocenters. The summed E-state index contributed by atoms with van der Waals surface area (Å²) in [5.74, 6) is -0.384. The number of rotatable bonds is 3. The Kier molecular flexibility index (Phi) is 4.97. The standard InChI is InChI=1S/C22H18Cl2N4O3/c1-12-26-20-14(22(29)30)10-13(27-6-8-31-9-7-27)11-18(20)28(12)17-4-5-25-21-16(24)3-2-15(23)19(17)21/h2-5,10-11H,6-9H2,1H3,(H,29,30). The number of carbonyl (C=O) groups is 1. The monoisotopic (exact) mass is 456 g/mol. The molecule has 0 radical (unpaired) electrons. The lowest BCUT2D eigenvalue weighted by molar-refractivity contribution is 0.0699. The molecule has 1 fully saturated rings. The van der Waals surface area contributed by atoms with Gasteiger partial charge in [-0.3, -0.25) is 9.55 Å². The van der Waals surface area contributed by atoms with Gasteiger partial charge in [0, 0.05) is 30.4 Å². The van der Waals surface area contributed by atoms with E-state index in [1.165, 1.54) is 0 Å². The van der Waals surface area contributed by atoms with Crippen molar-refractivity contribution >= 4 is 56.8 Å². The SMILES string of the molecule is Cc1nc2c(C(=O)O)cc(N3CCOCC3)cc2n1-c1ccnc2c(Cl)ccc(Cl)c12. The highest BCUT2D eigenvalue weighted by molar-refractivity contribution is 6.40. The largest absolute Gasteiger partial charge is 0.478 e. The van der Waals surface area contributed by atoms with E-state index in [0.717, 1.165) is 11.4 Å². The van der Waals surface area contributed by atoms with Gasteiger partial charge >= 0.3 is 5.97 Å². The number of carboxylic acids is 1. The predicted molar refractivity (Wildman–Crippen MR) is 121 cm³/mol. The van der Waals surface area contributed by atoms with Crippen molar-refractivity contribution in [3.63, 3.8) is 0 Å². The molecule has 0 saturated carbocycles.